The molecule has 0 saturated heterocycles. The minimum Gasteiger partial charge on any atom is -0.339 e. The van der Waals surface area contributed by atoms with Crippen LogP contribution in [0.1, 0.15) is 0 Å². The third-order valence-corrected chi connectivity index (χ3v) is 2.47. The molecule has 0 atom stereocenters. The number of nitrogens with two attached hydrogens (primary N) is 1. The predicted molar refractivity (Wildman–Crippen MR) is 69.6 cm³/mol. The van der Waals surface area contributed by atoms with Crippen molar-refractivity contribution in [2.75, 3.05) is 10.7 Å². The standard InChI is InChI=1S/C10H9Cl2N5/c11-6-2-1-3-7(4-6)15-9-8(12)5-14-10(16-9)17-13/h1-5H,13H2,(H2,14,15,16,17). The van der Waals surface area contributed by atoms with Crippen molar-refractivity contribution in [3.8, 4) is 0 Å². The molecule has 0 saturated carbocycles. The van der Waals surface area contributed by atoms with Gasteiger partial charge in [0.05, 0.1) is 6.20 Å². The number of nitrogen functional groups attached to an aromatic ring is 1. The van der Waals surface area contributed by atoms with Gasteiger partial charge in [0.1, 0.15) is 5.02 Å². The van der Waals surface area contributed by atoms with Crippen molar-refractivity contribution in [3.05, 3.63) is 40.5 Å². The predicted octanol–water partition coefficient (Wildman–Crippen LogP) is 2.81. The van der Waals surface area contributed by atoms with Crippen LogP contribution < -0.4 is 16.6 Å². The molecule has 2 rings (SSSR count). The van der Waals surface area contributed by atoms with Crippen LogP contribution >= 0.6 is 23.2 Å². The molecule has 0 spiro atoms. The maximum absolute atomic E-state index is 5.95. The Hall–Kier alpha value is -1.56. The van der Waals surface area contributed by atoms with Gasteiger partial charge in [0.2, 0.25) is 5.95 Å². The Morgan fingerprint density at radius 2 is 2.06 bits per heavy atom. The van der Waals surface area contributed by atoms with E-state index >= 15 is 0 Å². The Balaban J connectivity index is 2.29. The molecular formula is C10H9Cl2N5. The first-order chi connectivity index (χ1) is 8.19. The molecule has 0 aliphatic carbocycles. The van der Waals surface area contributed by atoms with Crippen LogP contribution in [0.2, 0.25) is 10.0 Å². The first-order valence-electron chi connectivity index (χ1n) is 4.71. The van der Waals surface area contributed by atoms with E-state index in [0.29, 0.717) is 15.9 Å². The lowest BCUT2D eigenvalue weighted by Gasteiger charge is -2.08. The van der Waals surface area contributed by atoms with Gasteiger partial charge in [0.25, 0.3) is 0 Å². The average molecular weight is 270 g/mol. The van der Waals surface area contributed by atoms with Crippen LogP contribution in [0.25, 0.3) is 0 Å². The monoisotopic (exact) mass is 269 g/mol. The second-order valence-corrected chi connectivity index (χ2v) is 4.01. The minimum absolute atomic E-state index is 0.277. The number of halogens is 2. The number of rotatable bonds is 3. The molecule has 0 aliphatic rings. The molecule has 1 aromatic carbocycles. The summed E-state index contributed by atoms with van der Waals surface area (Å²) in [4.78, 5) is 7.95. The summed E-state index contributed by atoms with van der Waals surface area (Å²) >= 11 is 11.8. The number of hydrazine groups is 1. The number of benzene rings is 1. The van der Waals surface area contributed by atoms with Crippen LogP contribution in [-0.2, 0) is 0 Å². The third-order valence-electron chi connectivity index (χ3n) is 1.96. The van der Waals surface area contributed by atoms with Gasteiger partial charge in [-0.3, -0.25) is 5.43 Å². The van der Waals surface area contributed by atoms with E-state index in [1.165, 1.54) is 6.20 Å². The van der Waals surface area contributed by atoms with Crippen molar-refractivity contribution in [2.24, 2.45) is 5.84 Å². The summed E-state index contributed by atoms with van der Waals surface area (Å²) in [6.07, 6.45) is 1.45. The zero-order chi connectivity index (χ0) is 12.3. The van der Waals surface area contributed by atoms with E-state index in [2.05, 4.69) is 20.7 Å². The molecule has 2 aromatic rings. The number of anilines is 3. The van der Waals surface area contributed by atoms with E-state index in [1.54, 1.807) is 12.1 Å². The third kappa shape index (κ3) is 2.97. The molecular weight excluding hydrogens is 261 g/mol. The molecule has 0 aliphatic heterocycles. The van der Waals surface area contributed by atoms with Crippen LogP contribution in [-0.4, -0.2) is 9.97 Å². The van der Waals surface area contributed by atoms with Crippen LogP contribution in [0.4, 0.5) is 17.5 Å². The van der Waals surface area contributed by atoms with Gasteiger partial charge in [0.15, 0.2) is 5.82 Å². The highest BCUT2D eigenvalue weighted by Crippen LogP contribution is 2.24. The molecule has 5 nitrogen and oxygen atoms in total. The van der Waals surface area contributed by atoms with Crippen molar-refractivity contribution < 1.29 is 0 Å². The molecule has 0 fully saturated rings. The van der Waals surface area contributed by atoms with Gasteiger partial charge in [-0.05, 0) is 18.2 Å². The molecule has 0 unspecified atom stereocenters. The number of hydrogen-bond acceptors (Lipinski definition) is 5. The number of nitrogens with zero attached hydrogens (tertiary/aromatic N) is 2. The van der Waals surface area contributed by atoms with Crippen LogP contribution in [0, 0.1) is 0 Å². The van der Waals surface area contributed by atoms with Gasteiger partial charge in [-0.1, -0.05) is 29.3 Å². The molecule has 1 heterocycles. The maximum atomic E-state index is 5.95. The average Bonchev–Trinajstić information content (AvgIpc) is 2.32. The van der Waals surface area contributed by atoms with Gasteiger partial charge in [-0.25, -0.2) is 10.8 Å². The minimum atomic E-state index is 0.277. The lowest BCUT2D eigenvalue weighted by atomic mass is 10.3. The Bertz CT molecular complexity index is 532. The molecule has 4 N–H and O–H groups in total. The first kappa shape index (κ1) is 11.9. The molecule has 17 heavy (non-hydrogen) atoms. The Kier molecular flexibility index (Phi) is 3.63. The quantitative estimate of drug-likeness (QED) is 0.590. The summed E-state index contributed by atoms with van der Waals surface area (Å²) in [5, 5.41) is 4.04. The number of aromatic nitrogens is 2. The largest absolute Gasteiger partial charge is 0.339 e. The molecule has 88 valence electrons. The fraction of sp³-hybridized carbons (Fsp3) is 0. The highest BCUT2D eigenvalue weighted by atomic mass is 35.5. The summed E-state index contributed by atoms with van der Waals surface area (Å²) in [5.74, 6) is 5.95. The summed E-state index contributed by atoms with van der Waals surface area (Å²) < 4.78 is 0. The van der Waals surface area contributed by atoms with Gasteiger partial charge >= 0.3 is 0 Å². The SMILES string of the molecule is NNc1ncc(Cl)c(Nc2cccc(Cl)c2)n1. The van der Waals surface area contributed by atoms with E-state index in [9.17, 15) is 0 Å². The topological polar surface area (TPSA) is 75.9 Å². The number of hydrogen-bond donors (Lipinski definition) is 3. The summed E-state index contributed by atoms with van der Waals surface area (Å²) in [6.45, 7) is 0. The van der Waals surface area contributed by atoms with Crippen molar-refractivity contribution in [1.29, 1.82) is 0 Å². The highest BCUT2D eigenvalue weighted by Gasteiger charge is 2.05. The smallest absolute Gasteiger partial charge is 0.239 e. The van der Waals surface area contributed by atoms with E-state index in [4.69, 9.17) is 29.0 Å². The zero-order valence-corrected chi connectivity index (χ0v) is 10.1. The van der Waals surface area contributed by atoms with Crippen molar-refractivity contribution >= 4 is 40.7 Å². The summed E-state index contributed by atoms with van der Waals surface area (Å²) in [5.41, 5.74) is 3.12. The van der Waals surface area contributed by atoms with Gasteiger partial charge < -0.3 is 5.32 Å². The maximum Gasteiger partial charge on any atom is 0.239 e. The van der Waals surface area contributed by atoms with Crippen LogP contribution in [0.15, 0.2) is 30.5 Å². The summed E-state index contributed by atoms with van der Waals surface area (Å²) in [7, 11) is 0. The second-order valence-electron chi connectivity index (χ2n) is 3.17. The molecule has 0 radical (unpaired) electrons. The van der Waals surface area contributed by atoms with E-state index in [-0.39, 0.29) is 5.95 Å². The zero-order valence-electron chi connectivity index (χ0n) is 8.61. The van der Waals surface area contributed by atoms with E-state index < -0.39 is 0 Å². The van der Waals surface area contributed by atoms with Gasteiger partial charge in [-0.15, -0.1) is 0 Å². The molecule has 1 aromatic heterocycles. The highest BCUT2D eigenvalue weighted by molar-refractivity contribution is 6.33. The first-order valence-corrected chi connectivity index (χ1v) is 5.46. The van der Waals surface area contributed by atoms with Crippen LogP contribution in [0.5, 0.6) is 0 Å². The van der Waals surface area contributed by atoms with Gasteiger partial charge in [-0.2, -0.15) is 4.98 Å². The molecule has 0 amide bonds. The van der Waals surface area contributed by atoms with Crippen molar-refractivity contribution in [3.63, 3.8) is 0 Å². The van der Waals surface area contributed by atoms with E-state index in [1.807, 2.05) is 12.1 Å². The van der Waals surface area contributed by atoms with Crippen molar-refractivity contribution in [2.45, 2.75) is 0 Å². The number of nitrogens with one attached hydrogen (secondary N) is 2. The Labute approximate surface area is 108 Å². The fourth-order valence-electron chi connectivity index (χ4n) is 1.23. The summed E-state index contributed by atoms with van der Waals surface area (Å²) in [6, 6.07) is 7.21. The Morgan fingerprint density at radius 3 is 2.76 bits per heavy atom. The van der Waals surface area contributed by atoms with Crippen LogP contribution in [0.3, 0.4) is 0 Å². The van der Waals surface area contributed by atoms with Gasteiger partial charge in [0, 0.05) is 10.7 Å². The fourth-order valence-corrected chi connectivity index (χ4v) is 1.56. The van der Waals surface area contributed by atoms with E-state index in [0.717, 1.165) is 5.69 Å². The lowest BCUT2D eigenvalue weighted by molar-refractivity contribution is 1.12. The molecule has 7 heteroatoms. The van der Waals surface area contributed by atoms with Crippen molar-refractivity contribution in [1.82, 2.24) is 9.97 Å². The second kappa shape index (κ2) is 5.18. The lowest BCUT2D eigenvalue weighted by Crippen LogP contribution is -2.11. The normalized spacial score (nSPS) is 10.1. The molecule has 0 bridgehead atoms. The Morgan fingerprint density at radius 1 is 1.24 bits per heavy atom.